The first kappa shape index (κ1) is 19.9. The molecule has 2 aromatic rings. The van der Waals surface area contributed by atoms with Crippen LogP contribution in [-0.4, -0.2) is 34.3 Å². The first-order valence-electron chi connectivity index (χ1n) is 9.31. The Balaban J connectivity index is 2.00. The maximum absolute atomic E-state index is 13.8. The van der Waals surface area contributed by atoms with Crippen LogP contribution in [0.5, 0.6) is 0 Å². The van der Waals surface area contributed by atoms with Crippen LogP contribution >= 0.6 is 0 Å². The van der Waals surface area contributed by atoms with Gasteiger partial charge in [-0.25, -0.2) is 4.39 Å². The zero-order valence-electron chi connectivity index (χ0n) is 16.2. The first-order chi connectivity index (χ1) is 13.1. The quantitative estimate of drug-likeness (QED) is 0.618. The van der Waals surface area contributed by atoms with Crippen molar-refractivity contribution in [2.75, 3.05) is 0 Å². The summed E-state index contributed by atoms with van der Waals surface area (Å²) in [5, 5.41) is 6.17. The number of nitrogens with one attached hydrogen (secondary N) is 3. The van der Waals surface area contributed by atoms with Crippen molar-refractivity contribution in [1.29, 1.82) is 0 Å². The maximum Gasteiger partial charge on any atom is 0.246 e. The average Bonchev–Trinajstić information content (AvgIpc) is 2.95. The average molecular weight is 388 g/mol. The number of H-pyrrole nitrogens is 1. The van der Waals surface area contributed by atoms with Crippen molar-refractivity contribution in [3.8, 4) is 0 Å². The Hall–Kier alpha value is -2.90. The van der Waals surface area contributed by atoms with Gasteiger partial charge in [0.1, 0.15) is 17.4 Å². The number of primary amides is 1. The van der Waals surface area contributed by atoms with Crippen LogP contribution in [0, 0.1) is 11.7 Å². The fourth-order valence-corrected chi connectivity index (χ4v) is 3.96. The second-order valence-electron chi connectivity index (χ2n) is 7.81. The number of carbonyl (C=O) groups is 3. The monoisotopic (exact) mass is 388 g/mol. The highest BCUT2D eigenvalue weighted by Crippen LogP contribution is 2.34. The molecule has 0 fully saturated rings. The lowest BCUT2D eigenvalue weighted by atomic mass is 9.78. The Morgan fingerprint density at radius 2 is 2.00 bits per heavy atom. The van der Waals surface area contributed by atoms with Crippen LogP contribution in [-0.2, 0) is 27.2 Å². The molecule has 0 spiro atoms. The molecule has 3 rings (SSSR count). The van der Waals surface area contributed by atoms with E-state index in [-0.39, 0.29) is 24.1 Å². The van der Waals surface area contributed by atoms with Crippen molar-refractivity contribution in [3.05, 3.63) is 35.3 Å². The molecular formula is C20H25FN4O3. The second-order valence-corrected chi connectivity index (χ2v) is 7.81. The van der Waals surface area contributed by atoms with Gasteiger partial charge in [0.05, 0.1) is 0 Å². The van der Waals surface area contributed by atoms with Gasteiger partial charge in [-0.3, -0.25) is 14.4 Å². The fraction of sp³-hybridized carbons (Fsp3) is 0.450. The number of carbonyl (C=O) groups excluding carboxylic acids is 3. The summed E-state index contributed by atoms with van der Waals surface area (Å²) in [6.45, 7) is 4.90. The Kier molecular flexibility index (Phi) is 5.14. The number of halogens is 1. The lowest BCUT2D eigenvalue weighted by molar-refractivity contribution is -0.136. The summed E-state index contributed by atoms with van der Waals surface area (Å²) in [6, 6.07) is 3.61. The minimum atomic E-state index is -1.23. The van der Waals surface area contributed by atoms with Gasteiger partial charge in [-0.15, -0.1) is 0 Å². The molecule has 2 atom stereocenters. The zero-order valence-corrected chi connectivity index (χ0v) is 16.2. The second kappa shape index (κ2) is 7.26. The Bertz CT molecular complexity index is 952. The van der Waals surface area contributed by atoms with Crippen LogP contribution in [0.3, 0.4) is 0 Å². The highest BCUT2D eigenvalue weighted by atomic mass is 19.1. The van der Waals surface area contributed by atoms with Crippen molar-refractivity contribution >= 4 is 28.6 Å². The van der Waals surface area contributed by atoms with Crippen LogP contribution in [0.2, 0.25) is 0 Å². The van der Waals surface area contributed by atoms with Gasteiger partial charge in [0.15, 0.2) is 0 Å². The van der Waals surface area contributed by atoms with E-state index in [1.54, 1.807) is 19.9 Å². The number of rotatable bonds is 5. The van der Waals surface area contributed by atoms with E-state index in [0.717, 1.165) is 16.8 Å². The third-order valence-electron chi connectivity index (χ3n) is 5.35. The molecule has 5 N–H and O–H groups in total. The number of aromatic nitrogens is 1. The molecule has 0 unspecified atom stereocenters. The number of amides is 3. The van der Waals surface area contributed by atoms with Crippen molar-refractivity contribution in [2.45, 2.75) is 51.6 Å². The van der Waals surface area contributed by atoms with Crippen LogP contribution in [0.1, 0.15) is 38.4 Å². The molecule has 0 radical (unpaired) electrons. The van der Waals surface area contributed by atoms with Crippen molar-refractivity contribution in [2.24, 2.45) is 11.7 Å². The van der Waals surface area contributed by atoms with Gasteiger partial charge in [-0.1, -0.05) is 13.8 Å². The highest BCUT2D eigenvalue weighted by Gasteiger charge is 2.44. The third kappa shape index (κ3) is 3.58. The first-order valence-corrected chi connectivity index (χ1v) is 9.31. The molecule has 7 nitrogen and oxygen atoms in total. The van der Waals surface area contributed by atoms with E-state index in [1.165, 1.54) is 19.1 Å². The number of nitrogens with two attached hydrogens (primary N) is 1. The summed E-state index contributed by atoms with van der Waals surface area (Å²) >= 11 is 0. The summed E-state index contributed by atoms with van der Waals surface area (Å²) < 4.78 is 13.8. The number of aromatic amines is 1. The van der Waals surface area contributed by atoms with Crippen LogP contribution in [0.25, 0.3) is 10.9 Å². The van der Waals surface area contributed by atoms with Gasteiger partial charge in [0.25, 0.3) is 0 Å². The molecule has 1 aromatic heterocycles. The summed E-state index contributed by atoms with van der Waals surface area (Å²) in [6.07, 6.45) is 1.05. The zero-order chi connectivity index (χ0) is 20.6. The number of hydrogen-bond acceptors (Lipinski definition) is 3. The standard InChI is InChI=1S/C20H25FN4O3/c1-10(2)17(18(22)27)24-19(28)20(25-11(3)26)7-6-16-14(9-20)13-8-12(21)4-5-15(13)23-16/h4-5,8,10,17,23H,6-7,9H2,1-3H3,(H2,22,27)(H,24,28)(H,25,26)/t17-,20-/m0/s1. The van der Waals surface area contributed by atoms with Crippen molar-refractivity contribution < 1.29 is 18.8 Å². The van der Waals surface area contributed by atoms with Crippen LogP contribution < -0.4 is 16.4 Å². The predicted octanol–water partition coefficient (Wildman–Crippen LogP) is 1.30. The molecule has 8 heteroatoms. The molecule has 0 aliphatic heterocycles. The normalized spacial score (nSPS) is 19.9. The lowest BCUT2D eigenvalue weighted by Crippen LogP contribution is -2.64. The van der Waals surface area contributed by atoms with E-state index in [1.807, 2.05) is 0 Å². The van der Waals surface area contributed by atoms with E-state index in [9.17, 15) is 18.8 Å². The largest absolute Gasteiger partial charge is 0.368 e. The summed E-state index contributed by atoms with van der Waals surface area (Å²) in [5.74, 6) is -2.02. The Morgan fingerprint density at radius 1 is 1.29 bits per heavy atom. The minimum absolute atomic E-state index is 0.195. The molecule has 1 aliphatic carbocycles. The molecule has 0 bridgehead atoms. The highest BCUT2D eigenvalue weighted by molar-refractivity contribution is 5.96. The van der Waals surface area contributed by atoms with Crippen molar-refractivity contribution in [3.63, 3.8) is 0 Å². The van der Waals surface area contributed by atoms with E-state index in [0.29, 0.717) is 18.2 Å². The van der Waals surface area contributed by atoms with Crippen molar-refractivity contribution in [1.82, 2.24) is 15.6 Å². The molecular weight excluding hydrogens is 363 g/mol. The van der Waals surface area contributed by atoms with Gasteiger partial charge in [0.2, 0.25) is 17.7 Å². The van der Waals surface area contributed by atoms with Gasteiger partial charge >= 0.3 is 0 Å². The lowest BCUT2D eigenvalue weighted by Gasteiger charge is -2.37. The molecule has 0 saturated heterocycles. The maximum atomic E-state index is 13.8. The topological polar surface area (TPSA) is 117 Å². The molecule has 150 valence electrons. The number of benzene rings is 1. The van der Waals surface area contributed by atoms with E-state index < -0.39 is 23.4 Å². The molecule has 28 heavy (non-hydrogen) atoms. The van der Waals surface area contributed by atoms with E-state index in [2.05, 4.69) is 15.6 Å². The summed E-state index contributed by atoms with van der Waals surface area (Å²) in [5.41, 5.74) is 6.69. The molecule has 1 aliphatic rings. The van der Waals surface area contributed by atoms with Gasteiger partial charge in [0, 0.05) is 29.9 Å². The fourth-order valence-electron chi connectivity index (χ4n) is 3.96. The Labute approximate surface area is 162 Å². The van der Waals surface area contributed by atoms with Crippen LogP contribution in [0.15, 0.2) is 18.2 Å². The minimum Gasteiger partial charge on any atom is -0.368 e. The Morgan fingerprint density at radius 3 is 2.61 bits per heavy atom. The predicted molar refractivity (Wildman–Crippen MR) is 103 cm³/mol. The van der Waals surface area contributed by atoms with Gasteiger partial charge in [-0.05, 0) is 42.5 Å². The number of hydrogen-bond donors (Lipinski definition) is 4. The van der Waals surface area contributed by atoms with E-state index >= 15 is 0 Å². The van der Waals surface area contributed by atoms with E-state index in [4.69, 9.17) is 5.73 Å². The smallest absolute Gasteiger partial charge is 0.246 e. The number of fused-ring (bicyclic) bond motifs is 3. The molecule has 1 heterocycles. The summed E-state index contributed by atoms with van der Waals surface area (Å²) in [7, 11) is 0. The summed E-state index contributed by atoms with van der Waals surface area (Å²) in [4.78, 5) is 40.1. The van der Waals surface area contributed by atoms with Gasteiger partial charge < -0.3 is 21.4 Å². The molecule has 3 amide bonds. The SMILES string of the molecule is CC(=O)N[C@@]1(C(=O)N[C@H](C(N)=O)C(C)C)CCc2[nH]c3ccc(F)cc3c2C1. The number of aryl methyl sites for hydroxylation is 1. The molecule has 0 saturated carbocycles. The van der Waals surface area contributed by atoms with Crippen LogP contribution in [0.4, 0.5) is 4.39 Å². The van der Waals surface area contributed by atoms with Gasteiger partial charge in [-0.2, -0.15) is 0 Å². The third-order valence-corrected chi connectivity index (χ3v) is 5.35. The molecule has 1 aromatic carbocycles.